The summed E-state index contributed by atoms with van der Waals surface area (Å²) >= 11 is 1.65. The number of carbonyl (C=O) groups excluding carboxylic acids is 1. The molecule has 0 saturated heterocycles. The molecule has 0 aromatic rings. The second-order valence-corrected chi connectivity index (χ2v) is 6.73. The van der Waals surface area contributed by atoms with Crippen LogP contribution < -0.4 is 5.32 Å². The summed E-state index contributed by atoms with van der Waals surface area (Å²) < 4.78 is 0. The molecule has 1 aliphatic rings. The fourth-order valence-electron chi connectivity index (χ4n) is 2.23. The average Bonchev–Trinajstić information content (AvgIpc) is 2.30. The Morgan fingerprint density at radius 2 is 2.00 bits per heavy atom. The van der Waals surface area contributed by atoms with Gasteiger partial charge in [0.2, 0.25) is 5.91 Å². The van der Waals surface area contributed by atoms with Crippen LogP contribution in [0.3, 0.4) is 0 Å². The molecular formula is C13H25NO2S. The minimum Gasteiger partial charge on any atom is -0.396 e. The van der Waals surface area contributed by atoms with E-state index in [-0.39, 0.29) is 17.8 Å². The third kappa shape index (κ3) is 5.77. The summed E-state index contributed by atoms with van der Waals surface area (Å²) in [6, 6.07) is 0.396. The highest BCUT2D eigenvalue weighted by molar-refractivity contribution is 8.01. The molecule has 100 valence electrons. The Kier molecular flexibility index (Phi) is 6.97. The minimum atomic E-state index is -0.0153. The van der Waals surface area contributed by atoms with Crippen LogP contribution in [0.25, 0.3) is 0 Å². The molecule has 1 aliphatic carbocycles. The van der Waals surface area contributed by atoms with Gasteiger partial charge in [-0.05, 0) is 26.2 Å². The van der Waals surface area contributed by atoms with Crippen LogP contribution in [-0.2, 0) is 4.79 Å². The number of thioether (sulfide) groups is 1. The number of hydrogen-bond donors (Lipinski definition) is 2. The largest absolute Gasteiger partial charge is 0.396 e. The van der Waals surface area contributed by atoms with Crippen LogP contribution >= 0.6 is 11.8 Å². The van der Waals surface area contributed by atoms with Gasteiger partial charge in [0.05, 0.1) is 5.25 Å². The third-order valence-corrected chi connectivity index (χ3v) is 4.62. The summed E-state index contributed by atoms with van der Waals surface area (Å²) in [5, 5.41) is 12.3. The van der Waals surface area contributed by atoms with E-state index < -0.39 is 0 Å². The average molecular weight is 259 g/mol. The van der Waals surface area contributed by atoms with Crippen molar-refractivity contribution in [3.05, 3.63) is 0 Å². The number of carbonyl (C=O) groups is 1. The molecule has 0 aromatic heterocycles. The van der Waals surface area contributed by atoms with Gasteiger partial charge in [-0.1, -0.05) is 26.2 Å². The van der Waals surface area contributed by atoms with Crippen molar-refractivity contribution >= 4 is 17.7 Å². The number of aliphatic hydroxyl groups is 1. The zero-order chi connectivity index (χ0) is 12.7. The van der Waals surface area contributed by atoms with E-state index in [0.717, 1.165) is 19.3 Å². The van der Waals surface area contributed by atoms with Crippen LogP contribution in [0.1, 0.15) is 52.4 Å². The van der Waals surface area contributed by atoms with Gasteiger partial charge in [0.1, 0.15) is 0 Å². The molecule has 0 bridgehead atoms. The van der Waals surface area contributed by atoms with Crippen molar-refractivity contribution in [1.82, 2.24) is 5.32 Å². The molecule has 0 aromatic carbocycles. The van der Waals surface area contributed by atoms with Gasteiger partial charge in [0.15, 0.2) is 0 Å². The Bertz CT molecular complexity index is 229. The zero-order valence-corrected chi connectivity index (χ0v) is 11.8. The van der Waals surface area contributed by atoms with Gasteiger partial charge < -0.3 is 10.4 Å². The van der Waals surface area contributed by atoms with Crippen molar-refractivity contribution < 1.29 is 9.90 Å². The monoisotopic (exact) mass is 259 g/mol. The molecule has 3 nitrogen and oxygen atoms in total. The predicted molar refractivity (Wildman–Crippen MR) is 73.2 cm³/mol. The highest BCUT2D eigenvalue weighted by Gasteiger charge is 2.21. The van der Waals surface area contributed by atoms with E-state index in [1.54, 1.807) is 11.8 Å². The number of rotatable bonds is 6. The van der Waals surface area contributed by atoms with Gasteiger partial charge in [0.25, 0.3) is 0 Å². The summed E-state index contributed by atoms with van der Waals surface area (Å²) in [5.41, 5.74) is 0. The first-order chi connectivity index (χ1) is 8.13. The van der Waals surface area contributed by atoms with Gasteiger partial charge in [-0.15, -0.1) is 11.8 Å². The van der Waals surface area contributed by atoms with Crippen LogP contribution in [0.2, 0.25) is 0 Å². The zero-order valence-electron chi connectivity index (χ0n) is 10.9. The van der Waals surface area contributed by atoms with Crippen LogP contribution in [0.15, 0.2) is 0 Å². The molecule has 1 amide bonds. The van der Waals surface area contributed by atoms with Crippen molar-refractivity contribution in [2.45, 2.75) is 68.9 Å². The number of hydrogen-bond acceptors (Lipinski definition) is 3. The molecule has 0 radical (unpaired) electrons. The lowest BCUT2D eigenvalue weighted by Gasteiger charge is -2.25. The summed E-state index contributed by atoms with van der Waals surface area (Å²) in [7, 11) is 0. The quantitative estimate of drug-likeness (QED) is 0.769. The molecular weight excluding hydrogens is 234 g/mol. The van der Waals surface area contributed by atoms with E-state index in [2.05, 4.69) is 12.2 Å². The predicted octanol–water partition coefficient (Wildman–Crippen LogP) is 2.33. The van der Waals surface area contributed by atoms with Gasteiger partial charge in [-0.2, -0.15) is 0 Å². The fourth-order valence-corrected chi connectivity index (χ4v) is 3.36. The van der Waals surface area contributed by atoms with Gasteiger partial charge in [-0.3, -0.25) is 4.79 Å². The topological polar surface area (TPSA) is 49.3 Å². The van der Waals surface area contributed by atoms with Crippen LogP contribution in [0, 0.1) is 0 Å². The second kappa shape index (κ2) is 7.98. The molecule has 0 spiro atoms. The van der Waals surface area contributed by atoms with Gasteiger partial charge in [-0.25, -0.2) is 0 Å². The van der Waals surface area contributed by atoms with Gasteiger partial charge >= 0.3 is 0 Å². The minimum absolute atomic E-state index is 0.0153. The maximum absolute atomic E-state index is 12.0. The highest BCUT2D eigenvalue weighted by atomic mass is 32.2. The Balaban J connectivity index is 2.25. The lowest BCUT2D eigenvalue weighted by atomic mass is 9.95. The normalized spacial score (nSPS) is 20.9. The first kappa shape index (κ1) is 14.8. The summed E-state index contributed by atoms with van der Waals surface area (Å²) in [4.78, 5) is 12.0. The standard InChI is InChI=1S/C13H25NO2S/c1-10(8-9-15)17-11(2)13(16)14-12-6-4-3-5-7-12/h10-12,15H,3-9H2,1-2H3,(H,14,16). The van der Waals surface area contributed by atoms with Gasteiger partial charge in [0, 0.05) is 17.9 Å². The van der Waals surface area contributed by atoms with Crippen LogP contribution in [-0.4, -0.2) is 34.2 Å². The molecule has 1 rings (SSSR count). The molecule has 1 fully saturated rings. The molecule has 0 aliphatic heterocycles. The van der Waals surface area contributed by atoms with Crippen molar-refractivity contribution in [2.24, 2.45) is 0 Å². The summed E-state index contributed by atoms with van der Waals surface area (Å²) in [6.07, 6.45) is 6.82. The van der Waals surface area contributed by atoms with E-state index in [1.165, 1.54) is 19.3 Å². The lowest BCUT2D eigenvalue weighted by Crippen LogP contribution is -2.40. The second-order valence-electron chi connectivity index (χ2n) is 4.94. The molecule has 4 heteroatoms. The van der Waals surface area contributed by atoms with E-state index in [1.807, 2.05) is 6.92 Å². The Hall–Kier alpha value is -0.220. The smallest absolute Gasteiger partial charge is 0.233 e. The molecule has 17 heavy (non-hydrogen) atoms. The highest BCUT2D eigenvalue weighted by Crippen LogP contribution is 2.22. The summed E-state index contributed by atoms with van der Waals surface area (Å²) in [5.74, 6) is 0.159. The van der Waals surface area contributed by atoms with E-state index in [0.29, 0.717) is 11.3 Å². The Labute approximate surface area is 109 Å². The van der Waals surface area contributed by atoms with Crippen LogP contribution in [0.4, 0.5) is 0 Å². The van der Waals surface area contributed by atoms with E-state index >= 15 is 0 Å². The molecule has 0 heterocycles. The maximum Gasteiger partial charge on any atom is 0.233 e. The number of nitrogens with one attached hydrogen (secondary N) is 1. The lowest BCUT2D eigenvalue weighted by molar-refractivity contribution is -0.121. The van der Waals surface area contributed by atoms with Crippen molar-refractivity contribution in [2.75, 3.05) is 6.61 Å². The first-order valence-electron chi connectivity index (χ1n) is 6.70. The maximum atomic E-state index is 12.0. The first-order valence-corrected chi connectivity index (χ1v) is 7.64. The Morgan fingerprint density at radius 1 is 1.35 bits per heavy atom. The number of amides is 1. The number of aliphatic hydroxyl groups excluding tert-OH is 1. The molecule has 2 atom stereocenters. The fraction of sp³-hybridized carbons (Fsp3) is 0.923. The van der Waals surface area contributed by atoms with E-state index in [9.17, 15) is 4.79 Å². The SMILES string of the molecule is CC(CCO)SC(C)C(=O)NC1CCCCC1. The third-order valence-electron chi connectivity index (χ3n) is 3.29. The van der Waals surface area contributed by atoms with Crippen molar-refractivity contribution in [3.8, 4) is 0 Å². The summed E-state index contributed by atoms with van der Waals surface area (Å²) in [6.45, 7) is 4.22. The Morgan fingerprint density at radius 3 is 2.59 bits per heavy atom. The van der Waals surface area contributed by atoms with Crippen LogP contribution in [0.5, 0.6) is 0 Å². The van der Waals surface area contributed by atoms with Crippen molar-refractivity contribution in [1.29, 1.82) is 0 Å². The molecule has 2 N–H and O–H groups in total. The van der Waals surface area contributed by atoms with E-state index in [4.69, 9.17) is 5.11 Å². The molecule has 2 unspecified atom stereocenters. The molecule has 1 saturated carbocycles. The van der Waals surface area contributed by atoms with Crippen molar-refractivity contribution in [3.63, 3.8) is 0 Å².